The average molecular weight is 315 g/mol. The van der Waals surface area contributed by atoms with E-state index in [0.29, 0.717) is 6.54 Å². The van der Waals surface area contributed by atoms with Gasteiger partial charge in [-0.25, -0.2) is 4.39 Å². The van der Waals surface area contributed by atoms with Gasteiger partial charge in [-0.05, 0) is 43.1 Å². The molecule has 0 aromatic heterocycles. The van der Waals surface area contributed by atoms with E-state index >= 15 is 0 Å². The van der Waals surface area contributed by atoms with E-state index in [4.69, 9.17) is 0 Å². The van der Waals surface area contributed by atoms with E-state index in [9.17, 15) is 9.18 Å². The zero-order chi connectivity index (χ0) is 13.1. The van der Waals surface area contributed by atoms with Crippen LogP contribution in [0.25, 0.3) is 0 Å². The van der Waals surface area contributed by atoms with Gasteiger partial charge in [-0.2, -0.15) is 0 Å². The topological polar surface area (TPSA) is 32.3 Å². The van der Waals surface area contributed by atoms with Crippen LogP contribution in [0.1, 0.15) is 18.4 Å². The molecule has 18 heavy (non-hydrogen) atoms. The zero-order valence-corrected chi connectivity index (χ0v) is 11.8. The molecule has 1 fully saturated rings. The first-order chi connectivity index (χ1) is 8.60. The van der Waals surface area contributed by atoms with E-state index in [1.54, 1.807) is 7.05 Å². The van der Waals surface area contributed by atoms with E-state index in [-0.39, 0.29) is 17.8 Å². The molecule has 1 aliphatic heterocycles. The van der Waals surface area contributed by atoms with Gasteiger partial charge in [-0.3, -0.25) is 9.69 Å². The second-order valence-corrected chi connectivity index (χ2v) is 5.44. The minimum atomic E-state index is -0.255. The third-order valence-corrected chi connectivity index (χ3v) is 3.68. The summed E-state index contributed by atoms with van der Waals surface area (Å²) in [7, 11) is 1.65. The third-order valence-electron chi connectivity index (χ3n) is 3.22. The van der Waals surface area contributed by atoms with Crippen molar-refractivity contribution in [2.75, 3.05) is 13.6 Å². The van der Waals surface area contributed by atoms with Crippen LogP contribution in [0.3, 0.4) is 0 Å². The number of nitrogens with one attached hydrogen (secondary N) is 1. The number of likely N-dealkylation sites (N-methyl/N-ethyl adjacent to an activating group) is 1. The molecule has 0 spiro atoms. The first kappa shape index (κ1) is 13.5. The maximum absolute atomic E-state index is 13.3. The lowest BCUT2D eigenvalue weighted by Gasteiger charge is -2.23. The molecule has 1 aromatic rings. The van der Waals surface area contributed by atoms with Gasteiger partial charge >= 0.3 is 0 Å². The van der Waals surface area contributed by atoms with Gasteiger partial charge in [0.05, 0.1) is 6.04 Å². The molecule has 1 aliphatic rings. The Morgan fingerprint density at radius 2 is 2.33 bits per heavy atom. The van der Waals surface area contributed by atoms with E-state index in [0.717, 1.165) is 29.4 Å². The normalized spacial score (nSPS) is 20.1. The fourth-order valence-electron chi connectivity index (χ4n) is 2.42. The SMILES string of the molecule is CNC(=O)C1CCCN1Cc1cc(F)cc(Br)c1. The van der Waals surface area contributed by atoms with Gasteiger partial charge in [0.1, 0.15) is 5.82 Å². The Morgan fingerprint density at radius 3 is 3.00 bits per heavy atom. The molecule has 1 aromatic carbocycles. The summed E-state index contributed by atoms with van der Waals surface area (Å²) in [4.78, 5) is 13.8. The lowest BCUT2D eigenvalue weighted by atomic mass is 10.1. The second kappa shape index (κ2) is 5.80. The first-order valence-electron chi connectivity index (χ1n) is 6.01. The molecule has 3 nitrogen and oxygen atoms in total. The van der Waals surface area contributed by atoms with Crippen LogP contribution in [0, 0.1) is 5.82 Å². The highest BCUT2D eigenvalue weighted by Crippen LogP contribution is 2.22. The fourth-order valence-corrected chi connectivity index (χ4v) is 2.93. The highest BCUT2D eigenvalue weighted by molar-refractivity contribution is 9.10. The van der Waals surface area contributed by atoms with Gasteiger partial charge in [-0.1, -0.05) is 15.9 Å². The predicted molar refractivity (Wildman–Crippen MR) is 71.6 cm³/mol. The highest BCUT2D eigenvalue weighted by atomic mass is 79.9. The van der Waals surface area contributed by atoms with Crippen LogP contribution in [0.5, 0.6) is 0 Å². The maximum atomic E-state index is 13.3. The number of carbonyl (C=O) groups excluding carboxylic acids is 1. The van der Waals surface area contributed by atoms with Crippen LogP contribution in [0.4, 0.5) is 4.39 Å². The Labute approximate surface area is 114 Å². The number of halogens is 2. The van der Waals surface area contributed by atoms with Crippen molar-refractivity contribution >= 4 is 21.8 Å². The smallest absolute Gasteiger partial charge is 0.237 e. The van der Waals surface area contributed by atoms with Crippen LogP contribution in [-0.4, -0.2) is 30.4 Å². The van der Waals surface area contributed by atoms with Crippen LogP contribution in [-0.2, 0) is 11.3 Å². The second-order valence-electron chi connectivity index (χ2n) is 4.52. The molecular formula is C13H16BrFN2O. The molecule has 1 atom stereocenters. The van der Waals surface area contributed by atoms with Crippen molar-refractivity contribution in [1.82, 2.24) is 10.2 Å². The Hall–Kier alpha value is -0.940. The fraction of sp³-hybridized carbons (Fsp3) is 0.462. The summed E-state index contributed by atoms with van der Waals surface area (Å²) in [6.07, 6.45) is 1.88. The van der Waals surface area contributed by atoms with E-state index in [1.807, 2.05) is 6.07 Å². The Balaban J connectivity index is 2.10. The quantitative estimate of drug-likeness (QED) is 0.928. The minimum Gasteiger partial charge on any atom is -0.358 e. The van der Waals surface area contributed by atoms with Crippen LogP contribution < -0.4 is 5.32 Å². The van der Waals surface area contributed by atoms with Crippen molar-refractivity contribution in [3.05, 3.63) is 34.1 Å². The summed E-state index contributed by atoms with van der Waals surface area (Å²) < 4.78 is 14.0. The minimum absolute atomic E-state index is 0.0444. The van der Waals surface area contributed by atoms with Gasteiger partial charge in [0.25, 0.3) is 0 Å². The monoisotopic (exact) mass is 314 g/mol. The Kier molecular flexibility index (Phi) is 4.35. The number of nitrogens with zero attached hydrogens (tertiary/aromatic N) is 1. The molecule has 0 bridgehead atoms. The average Bonchev–Trinajstić information content (AvgIpc) is 2.74. The predicted octanol–water partition coefficient (Wildman–Crippen LogP) is 2.30. The molecule has 1 saturated heterocycles. The third kappa shape index (κ3) is 3.09. The largest absolute Gasteiger partial charge is 0.358 e. The molecule has 2 rings (SSSR count). The highest BCUT2D eigenvalue weighted by Gasteiger charge is 2.29. The van der Waals surface area contributed by atoms with Crippen molar-refractivity contribution in [2.24, 2.45) is 0 Å². The number of likely N-dealkylation sites (tertiary alicyclic amines) is 1. The van der Waals surface area contributed by atoms with Crippen LogP contribution in [0.2, 0.25) is 0 Å². The molecule has 1 amide bonds. The molecule has 0 saturated carbocycles. The molecular weight excluding hydrogens is 299 g/mol. The van der Waals surface area contributed by atoms with E-state index in [1.165, 1.54) is 12.1 Å². The van der Waals surface area contributed by atoms with Gasteiger partial charge < -0.3 is 5.32 Å². The van der Waals surface area contributed by atoms with Gasteiger partial charge in [0.15, 0.2) is 0 Å². The van der Waals surface area contributed by atoms with Crippen molar-refractivity contribution in [3.63, 3.8) is 0 Å². The number of benzene rings is 1. The number of hydrogen-bond acceptors (Lipinski definition) is 2. The van der Waals surface area contributed by atoms with Crippen LogP contribution in [0.15, 0.2) is 22.7 Å². The first-order valence-corrected chi connectivity index (χ1v) is 6.80. The summed E-state index contributed by atoms with van der Waals surface area (Å²) in [5.74, 6) is -0.210. The lowest BCUT2D eigenvalue weighted by molar-refractivity contribution is -0.125. The van der Waals surface area contributed by atoms with Crippen LogP contribution >= 0.6 is 15.9 Å². The molecule has 1 heterocycles. The van der Waals surface area contributed by atoms with Gasteiger partial charge in [0, 0.05) is 18.1 Å². The molecule has 0 radical (unpaired) electrons. The molecule has 1 N–H and O–H groups in total. The summed E-state index contributed by atoms with van der Waals surface area (Å²) >= 11 is 3.28. The summed E-state index contributed by atoms with van der Waals surface area (Å²) in [5.41, 5.74) is 0.887. The van der Waals surface area contributed by atoms with Crippen molar-refractivity contribution < 1.29 is 9.18 Å². The van der Waals surface area contributed by atoms with Gasteiger partial charge in [-0.15, -0.1) is 0 Å². The van der Waals surface area contributed by atoms with Crippen molar-refractivity contribution in [3.8, 4) is 0 Å². The number of hydrogen-bond donors (Lipinski definition) is 1. The number of amides is 1. The molecule has 1 unspecified atom stereocenters. The zero-order valence-electron chi connectivity index (χ0n) is 10.2. The van der Waals surface area contributed by atoms with Crippen molar-refractivity contribution in [2.45, 2.75) is 25.4 Å². The summed E-state index contributed by atoms with van der Waals surface area (Å²) in [5, 5.41) is 2.68. The standard InChI is InChI=1S/C13H16BrFN2O/c1-16-13(18)12-3-2-4-17(12)8-9-5-10(14)7-11(15)6-9/h5-7,12H,2-4,8H2,1H3,(H,16,18). The van der Waals surface area contributed by atoms with E-state index < -0.39 is 0 Å². The number of carbonyl (C=O) groups is 1. The Bertz CT molecular complexity index is 432. The maximum Gasteiger partial charge on any atom is 0.237 e. The molecule has 5 heteroatoms. The summed E-state index contributed by atoms with van der Waals surface area (Å²) in [6, 6.07) is 4.76. The molecule has 0 aliphatic carbocycles. The van der Waals surface area contributed by atoms with Gasteiger partial charge in [0.2, 0.25) is 5.91 Å². The number of rotatable bonds is 3. The Morgan fingerprint density at radius 1 is 1.56 bits per heavy atom. The summed E-state index contributed by atoms with van der Waals surface area (Å²) in [6.45, 7) is 1.49. The molecule has 98 valence electrons. The van der Waals surface area contributed by atoms with E-state index in [2.05, 4.69) is 26.1 Å². The lowest BCUT2D eigenvalue weighted by Crippen LogP contribution is -2.41. The van der Waals surface area contributed by atoms with Crippen molar-refractivity contribution in [1.29, 1.82) is 0 Å².